The van der Waals surface area contributed by atoms with E-state index in [0.717, 1.165) is 16.1 Å². The summed E-state index contributed by atoms with van der Waals surface area (Å²) in [5.74, 6) is 0.0891. The van der Waals surface area contributed by atoms with E-state index >= 15 is 0 Å². The van der Waals surface area contributed by atoms with Crippen molar-refractivity contribution < 1.29 is 4.79 Å². The molecule has 3 aromatic heterocycles. The molecule has 0 saturated heterocycles. The lowest BCUT2D eigenvalue weighted by molar-refractivity contribution is 0.0731. The van der Waals surface area contributed by atoms with Crippen LogP contribution < -0.4 is 11.3 Å². The Bertz CT molecular complexity index is 1040. The van der Waals surface area contributed by atoms with E-state index in [2.05, 4.69) is 9.97 Å². The number of nitrogen functional groups attached to an aromatic ring is 1. The molecule has 0 saturated carbocycles. The van der Waals surface area contributed by atoms with E-state index in [1.807, 2.05) is 17.5 Å². The van der Waals surface area contributed by atoms with E-state index in [4.69, 9.17) is 5.73 Å². The van der Waals surface area contributed by atoms with E-state index in [-0.39, 0.29) is 17.4 Å². The number of carbonyl (C=O) groups excluding carboxylic acids is 1. The molecule has 8 heteroatoms. The van der Waals surface area contributed by atoms with Crippen LogP contribution in [0.1, 0.15) is 21.6 Å². The first-order chi connectivity index (χ1) is 12.5. The van der Waals surface area contributed by atoms with E-state index in [0.29, 0.717) is 30.6 Å². The lowest BCUT2D eigenvalue weighted by Crippen LogP contribution is -2.37. The second-order valence-electron chi connectivity index (χ2n) is 6.20. The summed E-state index contributed by atoms with van der Waals surface area (Å²) in [6.07, 6.45) is 4.02. The number of aromatic nitrogens is 3. The van der Waals surface area contributed by atoms with Crippen molar-refractivity contribution in [3.05, 3.63) is 63.1 Å². The number of carbonyl (C=O) groups is 1. The molecular formula is C18H17N5O2S. The van der Waals surface area contributed by atoms with Gasteiger partial charge >= 0.3 is 0 Å². The molecule has 0 spiro atoms. The predicted molar refractivity (Wildman–Crippen MR) is 99.9 cm³/mol. The van der Waals surface area contributed by atoms with Gasteiger partial charge in [-0.1, -0.05) is 6.07 Å². The minimum absolute atomic E-state index is 0.119. The number of anilines is 1. The summed E-state index contributed by atoms with van der Waals surface area (Å²) in [5, 5.41) is 1.93. The van der Waals surface area contributed by atoms with Crippen molar-refractivity contribution in [2.75, 3.05) is 12.3 Å². The summed E-state index contributed by atoms with van der Waals surface area (Å²) in [5.41, 5.74) is 8.51. The Morgan fingerprint density at radius 1 is 1.38 bits per heavy atom. The van der Waals surface area contributed by atoms with E-state index in [1.165, 1.54) is 22.0 Å². The largest absolute Gasteiger partial charge is 0.368 e. The van der Waals surface area contributed by atoms with Gasteiger partial charge in [0.05, 0.1) is 17.8 Å². The zero-order valence-corrected chi connectivity index (χ0v) is 15.0. The van der Waals surface area contributed by atoms with Crippen LogP contribution in [0.2, 0.25) is 0 Å². The Kier molecular flexibility index (Phi) is 4.04. The maximum Gasteiger partial charge on any atom is 0.256 e. The zero-order chi connectivity index (χ0) is 18.3. The monoisotopic (exact) mass is 367 g/mol. The SMILES string of the molecule is Cn1cc(C(=O)N2CCc3cnc(N)nc3C2)c(-c2cccs2)cc1=O. The first kappa shape index (κ1) is 16.5. The van der Waals surface area contributed by atoms with Gasteiger partial charge in [0.25, 0.3) is 11.5 Å². The fourth-order valence-corrected chi connectivity index (χ4v) is 3.85. The Morgan fingerprint density at radius 2 is 2.23 bits per heavy atom. The Labute approximate surface area is 153 Å². The van der Waals surface area contributed by atoms with Crippen LogP contribution in [0, 0.1) is 0 Å². The van der Waals surface area contributed by atoms with Crippen molar-refractivity contribution in [3.63, 3.8) is 0 Å². The molecular weight excluding hydrogens is 350 g/mol. The van der Waals surface area contributed by atoms with Crippen LogP contribution in [0.15, 0.2) is 40.8 Å². The third kappa shape index (κ3) is 2.88. The van der Waals surface area contributed by atoms with Crippen LogP contribution >= 0.6 is 11.3 Å². The molecule has 0 aromatic carbocycles. The highest BCUT2D eigenvalue weighted by atomic mass is 32.1. The highest BCUT2D eigenvalue weighted by Gasteiger charge is 2.26. The van der Waals surface area contributed by atoms with Crippen molar-refractivity contribution in [3.8, 4) is 10.4 Å². The molecule has 7 nitrogen and oxygen atoms in total. The number of hydrogen-bond donors (Lipinski definition) is 1. The summed E-state index contributed by atoms with van der Waals surface area (Å²) < 4.78 is 1.43. The third-order valence-electron chi connectivity index (χ3n) is 4.50. The number of nitrogens with two attached hydrogens (primary N) is 1. The van der Waals surface area contributed by atoms with Crippen molar-refractivity contribution in [1.82, 2.24) is 19.4 Å². The molecule has 1 amide bonds. The van der Waals surface area contributed by atoms with Gasteiger partial charge in [-0.05, 0) is 23.4 Å². The molecule has 132 valence electrons. The molecule has 0 aliphatic carbocycles. The van der Waals surface area contributed by atoms with Gasteiger partial charge in [0.2, 0.25) is 5.95 Å². The fraction of sp³-hybridized carbons (Fsp3) is 0.222. The molecule has 4 heterocycles. The minimum Gasteiger partial charge on any atom is -0.368 e. The zero-order valence-electron chi connectivity index (χ0n) is 14.2. The van der Waals surface area contributed by atoms with Crippen LogP contribution in [-0.4, -0.2) is 31.9 Å². The van der Waals surface area contributed by atoms with Gasteiger partial charge in [-0.3, -0.25) is 9.59 Å². The number of pyridine rings is 1. The van der Waals surface area contributed by atoms with Crippen molar-refractivity contribution in [1.29, 1.82) is 0 Å². The normalized spacial score (nSPS) is 13.5. The number of thiophene rings is 1. The van der Waals surface area contributed by atoms with Crippen LogP contribution in [0.4, 0.5) is 5.95 Å². The molecule has 1 aliphatic rings. The molecule has 0 unspecified atom stereocenters. The van der Waals surface area contributed by atoms with Crippen molar-refractivity contribution >= 4 is 23.2 Å². The van der Waals surface area contributed by atoms with E-state index < -0.39 is 0 Å². The molecule has 3 aromatic rings. The van der Waals surface area contributed by atoms with Gasteiger partial charge < -0.3 is 15.2 Å². The maximum absolute atomic E-state index is 13.2. The predicted octanol–water partition coefficient (Wildman–Crippen LogP) is 1.68. The molecule has 2 N–H and O–H groups in total. The molecule has 0 bridgehead atoms. The molecule has 4 rings (SSSR count). The quantitative estimate of drug-likeness (QED) is 0.744. The highest BCUT2D eigenvalue weighted by molar-refractivity contribution is 7.13. The number of aryl methyl sites for hydroxylation is 1. The van der Waals surface area contributed by atoms with Gasteiger partial charge in [0, 0.05) is 42.5 Å². The standard InChI is InChI=1S/C18H17N5O2S/c1-22-9-13(12(7-16(22)24)15-3-2-6-26-15)17(25)23-5-4-11-8-20-18(19)21-14(11)10-23/h2-3,6-9H,4-5,10H2,1H3,(H2,19,20,21). The van der Waals surface area contributed by atoms with Crippen molar-refractivity contribution in [2.45, 2.75) is 13.0 Å². The second-order valence-corrected chi connectivity index (χ2v) is 7.15. The molecule has 26 heavy (non-hydrogen) atoms. The lowest BCUT2D eigenvalue weighted by atomic mass is 10.0. The molecule has 0 radical (unpaired) electrons. The number of fused-ring (bicyclic) bond motifs is 1. The first-order valence-corrected chi connectivity index (χ1v) is 9.05. The maximum atomic E-state index is 13.2. The number of amides is 1. The summed E-state index contributed by atoms with van der Waals surface area (Å²) in [4.78, 5) is 36.2. The summed E-state index contributed by atoms with van der Waals surface area (Å²) in [7, 11) is 1.65. The number of hydrogen-bond acceptors (Lipinski definition) is 6. The Morgan fingerprint density at radius 3 is 3.00 bits per heavy atom. The summed E-state index contributed by atoms with van der Waals surface area (Å²) in [6, 6.07) is 5.34. The molecule has 0 fully saturated rings. The first-order valence-electron chi connectivity index (χ1n) is 8.17. The average molecular weight is 367 g/mol. The second kappa shape index (κ2) is 6.38. The van der Waals surface area contributed by atoms with Gasteiger partial charge in [-0.15, -0.1) is 11.3 Å². The van der Waals surface area contributed by atoms with E-state index in [9.17, 15) is 9.59 Å². The number of rotatable bonds is 2. The topological polar surface area (TPSA) is 94.1 Å². The van der Waals surface area contributed by atoms with Gasteiger partial charge in [-0.2, -0.15) is 0 Å². The van der Waals surface area contributed by atoms with Crippen molar-refractivity contribution in [2.24, 2.45) is 7.05 Å². The van der Waals surface area contributed by atoms with Gasteiger partial charge in [0.1, 0.15) is 0 Å². The fourth-order valence-electron chi connectivity index (χ4n) is 3.10. The van der Waals surface area contributed by atoms with Crippen LogP contribution in [0.3, 0.4) is 0 Å². The van der Waals surface area contributed by atoms with Crippen LogP contribution in [0.25, 0.3) is 10.4 Å². The highest BCUT2D eigenvalue weighted by Crippen LogP contribution is 2.29. The Hall–Kier alpha value is -3.00. The smallest absolute Gasteiger partial charge is 0.256 e. The molecule has 0 atom stereocenters. The lowest BCUT2D eigenvalue weighted by Gasteiger charge is -2.28. The summed E-state index contributed by atoms with van der Waals surface area (Å²) >= 11 is 1.50. The summed E-state index contributed by atoms with van der Waals surface area (Å²) in [6.45, 7) is 0.958. The third-order valence-corrected chi connectivity index (χ3v) is 5.40. The Balaban J connectivity index is 1.73. The average Bonchev–Trinajstić information content (AvgIpc) is 3.17. The van der Waals surface area contributed by atoms with Gasteiger partial charge in [-0.25, -0.2) is 9.97 Å². The van der Waals surface area contributed by atoms with Gasteiger partial charge in [0.15, 0.2) is 0 Å². The van der Waals surface area contributed by atoms with Crippen LogP contribution in [-0.2, 0) is 20.0 Å². The van der Waals surface area contributed by atoms with Crippen LogP contribution in [0.5, 0.6) is 0 Å². The minimum atomic E-state index is -0.144. The van der Waals surface area contributed by atoms with E-state index in [1.54, 1.807) is 24.3 Å². The number of nitrogens with zero attached hydrogens (tertiary/aromatic N) is 4. The molecule has 1 aliphatic heterocycles.